The predicted octanol–water partition coefficient (Wildman–Crippen LogP) is 7.31. The van der Waals surface area contributed by atoms with Crippen LogP contribution in [0.25, 0.3) is 0 Å². The van der Waals surface area contributed by atoms with Crippen LogP contribution in [0.15, 0.2) is 17.3 Å². The van der Waals surface area contributed by atoms with E-state index < -0.39 is 11.4 Å². The van der Waals surface area contributed by atoms with Crippen molar-refractivity contribution in [2.45, 2.75) is 113 Å². The molecule has 6 heteroatoms. The highest BCUT2D eigenvalue weighted by molar-refractivity contribution is 5.91. The van der Waals surface area contributed by atoms with Crippen LogP contribution in [-0.2, 0) is 24.0 Å². The second-order valence-electron chi connectivity index (χ2n) is 15.4. The van der Waals surface area contributed by atoms with E-state index in [0.29, 0.717) is 23.7 Å². The fraction of sp³-hybridized carbons (Fsp3) is 0.824. The van der Waals surface area contributed by atoms with Crippen LogP contribution >= 0.6 is 0 Å². The van der Waals surface area contributed by atoms with Gasteiger partial charge in [-0.3, -0.25) is 4.79 Å². The fourth-order valence-electron chi connectivity index (χ4n) is 11.7. The molecule has 5 saturated carbocycles. The van der Waals surface area contributed by atoms with Crippen LogP contribution in [0, 0.1) is 56.7 Å². The van der Waals surface area contributed by atoms with Crippen molar-refractivity contribution < 1.29 is 24.0 Å². The Labute approximate surface area is 241 Å². The van der Waals surface area contributed by atoms with Gasteiger partial charge in [0.1, 0.15) is 12.9 Å². The molecule has 0 aromatic heterocycles. The average Bonchev–Trinajstić information content (AvgIpc) is 3.28. The van der Waals surface area contributed by atoms with Gasteiger partial charge in [-0.05, 0) is 117 Å². The minimum Gasteiger partial charge on any atom is -0.465 e. The number of hydrogen-bond acceptors (Lipinski definition) is 6. The van der Waals surface area contributed by atoms with Gasteiger partial charge in [-0.1, -0.05) is 45.0 Å². The zero-order valence-electron chi connectivity index (χ0n) is 25.9. The molecule has 0 radical (unpaired) electrons. The Bertz CT molecular complexity index is 1130. The number of hydrogen-bond donors (Lipinski definition) is 0. The number of carbonyl (C=O) groups excluding carboxylic acids is 3. The van der Waals surface area contributed by atoms with Gasteiger partial charge in [0.25, 0.3) is 0 Å². The number of oxime groups is 1. The first-order chi connectivity index (χ1) is 18.7. The van der Waals surface area contributed by atoms with Crippen molar-refractivity contribution in [3.05, 3.63) is 12.2 Å². The summed E-state index contributed by atoms with van der Waals surface area (Å²) < 4.78 is 5.69. The lowest BCUT2D eigenvalue weighted by Crippen LogP contribution is -2.67. The lowest BCUT2D eigenvalue weighted by atomic mass is 9.32. The van der Waals surface area contributed by atoms with Gasteiger partial charge in [0.15, 0.2) is 0 Å². The standard InChI is InChI=1S/C34H51NO5/c1-21(2)24-11-16-34(19-36)18-17-32(7)25(29(24)34)9-10-27-30(5)14-13-28(35-40-23(4)38)31(6,20-39-22(3)37)26(30)12-15-33(27,32)8/h19,24-27,29H,1,9-18,20H2,2-8H3/b35-28-/t24-,25+,26+,27+,29+,30-,31-,32+,33+,34+/m0/s1. The van der Waals surface area contributed by atoms with Crippen molar-refractivity contribution >= 4 is 23.9 Å². The maximum absolute atomic E-state index is 12.7. The molecule has 5 aliphatic carbocycles. The molecule has 0 heterocycles. The van der Waals surface area contributed by atoms with E-state index in [-0.39, 0.29) is 40.2 Å². The Hall–Kier alpha value is -1.98. The van der Waals surface area contributed by atoms with E-state index in [0.717, 1.165) is 69.9 Å². The van der Waals surface area contributed by atoms with E-state index in [9.17, 15) is 14.4 Å². The van der Waals surface area contributed by atoms with Crippen molar-refractivity contribution in [3.63, 3.8) is 0 Å². The van der Waals surface area contributed by atoms with Crippen molar-refractivity contribution in [2.75, 3.05) is 6.61 Å². The number of ether oxygens (including phenoxy) is 1. The molecule has 0 N–H and O–H groups in total. The smallest absolute Gasteiger partial charge is 0.331 e. The van der Waals surface area contributed by atoms with Crippen LogP contribution in [0.3, 0.4) is 0 Å². The van der Waals surface area contributed by atoms with Gasteiger partial charge in [-0.25, -0.2) is 4.79 Å². The van der Waals surface area contributed by atoms with Crippen LogP contribution in [0.5, 0.6) is 0 Å². The highest BCUT2D eigenvalue weighted by Gasteiger charge is 2.71. The molecular formula is C34H51NO5. The summed E-state index contributed by atoms with van der Waals surface area (Å²) in [6.07, 6.45) is 11.8. The molecule has 0 amide bonds. The zero-order chi connectivity index (χ0) is 29.3. The van der Waals surface area contributed by atoms with Crippen molar-refractivity contribution in [1.29, 1.82) is 0 Å². The molecule has 0 saturated heterocycles. The van der Waals surface area contributed by atoms with Gasteiger partial charge < -0.3 is 14.4 Å². The monoisotopic (exact) mass is 553 g/mol. The van der Waals surface area contributed by atoms with Gasteiger partial charge in [0.05, 0.1) is 5.71 Å². The Kier molecular flexibility index (Phi) is 7.23. The van der Waals surface area contributed by atoms with Crippen LogP contribution in [-0.4, -0.2) is 30.5 Å². The zero-order valence-corrected chi connectivity index (χ0v) is 25.9. The topological polar surface area (TPSA) is 82.0 Å². The number of allylic oxidation sites excluding steroid dienone is 1. The number of rotatable bonds is 5. The Balaban J connectivity index is 1.53. The van der Waals surface area contributed by atoms with Crippen LogP contribution < -0.4 is 0 Å². The number of carbonyl (C=O) groups is 3. The maximum Gasteiger partial charge on any atom is 0.331 e. The minimum atomic E-state index is -0.483. The molecule has 0 aromatic rings. The van der Waals surface area contributed by atoms with Crippen LogP contribution in [0.4, 0.5) is 0 Å². The summed E-state index contributed by atoms with van der Waals surface area (Å²) in [5, 5.41) is 4.35. The first-order valence-corrected chi connectivity index (χ1v) is 15.7. The molecule has 0 bridgehead atoms. The molecular weight excluding hydrogens is 502 g/mol. The minimum absolute atomic E-state index is 0.0494. The fourth-order valence-corrected chi connectivity index (χ4v) is 11.7. The number of aldehydes is 1. The molecule has 0 unspecified atom stereocenters. The predicted molar refractivity (Wildman–Crippen MR) is 155 cm³/mol. The molecule has 5 aliphatic rings. The molecule has 0 spiro atoms. The summed E-state index contributed by atoms with van der Waals surface area (Å²) >= 11 is 0. The quantitative estimate of drug-likeness (QED) is 0.117. The highest BCUT2D eigenvalue weighted by atomic mass is 16.7. The van der Waals surface area contributed by atoms with E-state index in [1.165, 1.54) is 25.7 Å². The lowest BCUT2D eigenvalue weighted by Gasteiger charge is -2.72. The molecule has 0 aromatic carbocycles. The summed E-state index contributed by atoms with van der Waals surface area (Å²) in [5.41, 5.74) is 1.82. The second-order valence-corrected chi connectivity index (χ2v) is 15.4. The van der Waals surface area contributed by atoms with Crippen LogP contribution in [0.2, 0.25) is 0 Å². The summed E-state index contributed by atoms with van der Waals surface area (Å²) in [6, 6.07) is 0. The summed E-state index contributed by atoms with van der Waals surface area (Å²) in [5.74, 6) is 1.47. The van der Waals surface area contributed by atoms with Gasteiger partial charge in [0.2, 0.25) is 0 Å². The molecule has 10 atom stereocenters. The normalized spacial score (nSPS) is 48.7. The molecule has 40 heavy (non-hydrogen) atoms. The number of esters is 1. The maximum atomic E-state index is 12.7. The Morgan fingerprint density at radius 2 is 1.62 bits per heavy atom. The van der Waals surface area contributed by atoms with Crippen LogP contribution in [0.1, 0.15) is 113 Å². The van der Waals surface area contributed by atoms with E-state index >= 15 is 0 Å². The van der Waals surface area contributed by atoms with Crippen molar-refractivity contribution in [1.82, 2.24) is 0 Å². The lowest BCUT2D eigenvalue weighted by molar-refractivity contribution is -0.228. The largest absolute Gasteiger partial charge is 0.465 e. The number of nitrogens with zero attached hydrogens (tertiary/aromatic N) is 1. The summed E-state index contributed by atoms with van der Waals surface area (Å²) in [4.78, 5) is 41.5. The average molecular weight is 554 g/mol. The molecule has 222 valence electrons. The first-order valence-electron chi connectivity index (χ1n) is 15.7. The second kappa shape index (κ2) is 9.80. The van der Waals surface area contributed by atoms with Crippen molar-refractivity contribution in [3.8, 4) is 0 Å². The SMILES string of the molecule is C=C(C)[C@@H]1CC[C@]2(C=O)CC[C@]3(C)[C@H](CC[C@@H]4[C@@]5(C)CC/C(=N/OC(C)=O)[C@@](C)(COC(C)=O)[C@@H]5CC[C@]43C)[C@@H]12. The van der Waals surface area contributed by atoms with Gasteiger partial charge in [-0.2, -0.15) is 0 Å². The third-order valence-corrected chi connectivity index (χ3v) is 13.8. The van der Waals surface area contributed by atoms with E-state index in [1.807, 2.05) is 0 Å². The van der Waals surface area contributed by atoms with E-state index in [4.69, 9.17) is 9.57 Å². The Morgan fingerprint density at radius 1 is 0.900 bits per heavy atom. The van der Waals surface area contributed by atoms with Gasteiger partial charge in [0, 0.05) is 24.7 Å². The van der Waals surface area contributed by atoms with Crippen molar-refractivity contribution in [2.24, 2.45) is 61.8 Å². The summed E-state index contributed by atoms with van der Waals surface area (Å²) in [6.45, 7) is 19.5. The van der Waals surface area contributed by atoms with Gasteiger partial charge >= 0.3 is 11.9 Å². The summed E-state index contributed by atoms with van der Waals surface area (Å²) in [7, 11) is 0. The highest BCUT2D eigenvalue weighted by Crippen LogP contribution is 2.77. The molecule has 6 nitrogen and oxygen atoms in total. The third kappa shape index (κ3) is 4.01. The van der Waals surface area contributed by atoms with E-state index in [2.05, 4.69) is 46.4 Å². The first kappa shape index (κ1) is 29.5. The molecule has 5 rings (SSSR count). The van der Waals surface area contributed by atoms with E-state index in [1.54, 1.807) is 0 Å². The molecule has 0 aliphatic heterocycles. The Morgan fingerprint density at radius 3 is 2.25 bits per heavy atom. The number of fused-ring (bicyclic) bond motifs is 7. The third-order valence-electron chi connectivity index (χ3n) is 13.8. The molecule has 5 fully saturated rings. The van der Waals surface area contributed by atoms with Gasteiger partial charge in [-0.15, -0.1) is 0 Å².